The molecule has 1 aromatic carbocycles. The zero-order valence-corrected chi connectivity index (χ0v) is 11.4. The van der Waals surface area contributed by atoms with Crippen LogP contribution < -0.4 is 10.6 Å². The van der Waals surface area contributed by atoms with Crippen LogP contribution in [0.2, 0.25) is 0 Å². The molecule has 19 heavy (non-hydrogen) atoms. The first kappa shape index (κ1) is 12.3. The quantitative estimate of drug-likeness (QED) is 0.902. The maximum Gasteiger partial charge on any atom is 0.223 e. The van der Waals surface area contributed by atoms with Crippen LogP contribution in [-0.2, 0) is 17.8 Å². The molecule has 0 aliphatic carbocycles. The van der Waals surface area contributed by atoms with Crippen molar-refractivity contribution >= 4 is 22.9 Å². The number of rotatable bonds is 2. The van der Waals surface area contributed by atoms with Gasteiger partial charge in [0.15, 0.2) is 0 Å². The third kappa shape index (κ3) is 2.13. The van der Waals surface area contributed by atoms with Gasteiger partial charge in [-0.05, 0) is 30.2 Å². The number of hydrogen-bond acceptors (Lipinski definition) is 5. The summed E-state index contributed by atoms with van der Waals surface area (Å²) in [6.45, 7) is 2.78. The number of nitrogens with two attached hydrogens (primary N) is 1. The average molecular weight is 274 g/mol. The number of carbonyl (C=O) groups excluding carboxylic acids is 1. The first-order chi connectivity index (χ1) is 9.19. The molecule has 5 nitrogen and oxygen atoms in total. The Hall–Kier alpha value is -1.79. The van der Waals surface area contributed by atoms with Gasteiger partial charge >= 0.3 is 0 Å². The van der Waals surface area contributed by atoms with Gasteiger partial charge in [-0.25, -0.2) is 0 Å². The number of nitrogens with zero attached hydrogens (tertiary/aromatic N) is 3. The van der Waals surface area contributed by atoms with Crippen molar-refractivity contribution in [3.05, 3.63) is 28.8 Å². The van der Waals surface area contributed by atoms with Gasteiger partial charge < -0.3 is 10.6 Å². The maximum atomic E-state index is 11.5. The van der Waals surface area contributed by atoms with E-state index in [4.69, 9.17) is 5.73 Å². The number of anilines is 1. The van der Waals surface area contributed by atoms with Crippen molar-refractivity contribution in [2.75, 3.05) is 11.4 Å². The van der Waals surface area contributed by atoms with Crippen molar-refractivity contribution in [2.24, 2.45) is 5.73 Å². The summed E-state index contributed by atoms with van der Waals surface area (Å²) in [6.07, 6.45) is 0.894. The Balaban J connectivity index is 1.96. The van der Waals surface area contributed by atoms with Gasteiger partial charge in [-0.1, -0.05) is 11.3 Å². The summed E-state index contributed by atoms with van der Waals surface area (Å²) in [6, 6.07) is 6.07. The number of fused-ring (bicyclic) bond motifs is 1. The Labute approximate surface area is 115 Å². The van der Waals surface area contributed by atoms with Crippen LogP contribution in [0.15, 0.2) is 18.2 Å². The molecule has 0 saturated heterocycles. The Kier molecular flexibility index (Phi) is 3.04. The molecule has 98 valence electrons. The molecule has 0 bridgehead atoms. The molecule has 3 rings (SSSR count). The minimum atomic E-state index is 0.0906. The first-order valence-electron chi connectivity index (χ1n) is 6.13. The van der Waals surface area contributed by atoms with Gasteiger partial charge in [0.2, 0.25) is 5.91 Å². The van der Waals surface area contributed by atoms with Crippen molar-refractivity contribution in [2.45, 2.75) is 19.9 Å². The van der Waals surface area contributed by atoms with Gasteiger partial charge in [-0.2, -0.15) is 0 Å². The molecule has 0 atom stereocenters. The SMILES string of the molecule is CC(=O)N1CCc2cc(-c3nnc(CN)s3)ccc21. The minimum Gasteiger partial charge on any atom is -0.324 e. The Morgan fingerprint density at radius 2 is 2.32 bits per heavy atom. The standard InChI is InChI=1S/C13H14N4OS/c1-8(18)17-5-4-9-6-10(2-3-11(9)17)13-16-15-12(7-14)19-13/h2-3,6H,4-5,7,14H2,1H3. The Morgan fingerprint density at radius 3 is 3.00 bits per heavy atom. The zero-order valence-electron chi connectivity index (χ0n) is 10.6. The van der Waals surface area contributed by atoms with E-state index in [0.29, 0.717) is 6.54 Å². The molecule has 2 heterocycles. The maximum absolute atomic E-state index is 11.5. The molecule has 0 spiro atoms. The number of benzene rings is 1. The normalized spacial score (nSPS) is 13.7. The van der Waals surface area contributed by atoms with Crippen LogP contribution in [0.5, 0.6) is 0 Å². The lowest BCUT2D eigenvalue weighted by atomic mass is 10.1. The van der Waals surface area contributed by atoms with Gasteiger partial charge in [0.05, 0.1) is 0 Å². The lowest BCUT2D eigenvalue weighted by Gasteiger charge is -2.14. The van der Waals surface area contributed by atoms with E-state index in [2.05, 4.69) is 16.3 Å². The van der Waals surface area contributed by atoms with E-state index in [9.17, 15) is 4.79 Å². The highest BCUT2D eigenvalue weighted by Gasteiger charge is 2.22. The molecule has 2 N–H and O–H groups in total. The van der Waals surface area contributed by atoms with Crippen LogP contribution in [0, 0.1) is 0 Å². The summed E-state index contributed by atoms with van der Waals surface area (Å²) in [5, 5.41) is 9.88. The van der Waals surface area contributed by atoms with E-state index in [1.165, 1.54) is 16.9 Å². The summed E-state index contributed by atoms with van der Waals surface area (Å²) < 4.78 is 0. The average Bonchev–Trinajstić information content (AvgIpc) is 3.04. The first-order valence-corrected chi connectivity index (χ1v) is 6.94. The summed E-state index contributed by atoms with van der Waals surface area (Å²) in [5.41, 5.74) is 8.80. The van der Waals surface area contributed by atoms with E-state index in [1.807, 2.05) is 17.0 Å². The van der Waals surface area contributed by atoms with Crippen LogP contribution in [-0.4, -0.2) is 22.6 Å². The van der Waals surface area contributed by atoms with Crippen molar-refractivity contribution < 1.29 is 4.79 Å². The van der Waals surface area contributed by atoms with Crippen molar-refractivity contribution in [1.82, 2.24) is 10.2 Å². The van der Waals surface area contributed by atoms with Gasteiger partial charge in [0.25, 0.3) is 0 Å². The van der Waals surface area contributed by atoms with Crippen molar-refractivity contribution in [3.8, 4) is 10.6 Å². The zero-order chi connectivity index (χ0) is 13.4. The lowest BCUT2D eigenvalue weighted by molar-refractivity contribution is -0.116. The molecule has 1 aliphatic rings. The highest BCUT2D eigenvalue weighted by atomic mass is 32.1. The summed E-state index contributed by atoms with van der Waals surface area (Å²) >= 11 is 1.51. The van der Waals surface area contributed by atoms with Crippen LogP contribution in [0.1, 0.15) is 17.5 Å². The van der Waals surface area contributed by atoms with Crippen LogP contribution in [0.25, 0.3) is 10.6 Å². The molecule has 1 amide bonds. The van der Waals surface area contributed by atoms with Crippen molar-refractivity contribution in [3.63, 3.8) is 0 Å². The molecular formula is C13H14N4OS. The van der Waals surface area contributed by atoms with E-state index in [0.717, 1.165) is 34.2 Å². The number of aromatic nitrogens is 2. The van der Waals surface area contributed by atoms with Gasteiger partial charge in [0, 0.05) is 31.3 Å². The van der Waals surface area contributed by atoms with Crippen LogP contribution in [0.3, 0.4) is 0 Å². The fourth-order valence-electron chi connectivity index (χ4n) is 2.31. The Morgan fingerprint density at radius 1 is 1.47 bits per heavy atom. The summed E-state index contributed by atoms with van der Waals surface area (Å²) in [5.74, 6) is 0.0906. The van der Waals surface area contributed by atoms with Gasteiger partial charge in [0.1, 0.15) is 10.0 Å². The second kappa shape index (κ2) is 4.71. The fourth-order valence-corrected chi connectivity index (χ4v) is 3.03. The third-order valence-corrected chi connectivity index (χ3v) is 4.24. The fraction of sp³-hybridized carbons (Fsp3) is 0.308. The highest BCUT2D eigenvalue weighted by Crippen LogP contribution is 2.33. The minimum absolute atomic E-state index is 0.0906. The molecule has 0 unspecified atom stereocenters. The molecule has 2 aromatic rings. The monoisotopic (exact) mass is 274 g/mol. The molecule has 0 saturated carbocycles. The van der Waals surface area contributed by atoms with E-state index < -0.39 is 0 Å². The third-order valence-electron chi connectivity index (χ3n) is 3.24. The van der Waals surface area contributed by atoms with Crippen LogP contribution in [0.4, 0.5) is 5.69 Å². The summed E-state index contributed by atoms with van der Waals surface area (Å²) in [7, 11) is 0. The molecular weight excluding hydrogens is 260 g/mol. The van der Waals surface area contributed by atoms with Gasteiger partial charge in [-0.15, -0.1) is 10.2 Å². The largest absolute Gasteiger partial charge is 0.324 e. The number of hydrogen-bond donors (Lipinski definition) is 1. The van der Waals surface area contributed by atoms with Crippen LogP contribution >= 0.6 is 11.3 Å². The molecule has 6 heteroatoms. The lowest BCUT2D eigenvalue weighted by Crippen LogP contribution is -2.25. The molecule has 1 aromatic heterocycles. The van der Waals surface area contributed by atoms with Crippen molar-refractivity contribution in [1.29, 1.82) is 0 Å². The molecule has 0 radical (unpaired) electrons. The highest BCUT2D eigenvalue weighted by molar-refractivity contribution is 7.14. The summed E-state index contributed by atoms with van der Waals surface area (Å²) in [4.78, 5) is 13.3. The Bertz CT molecular complexity index is 637. The predicted octanol–water partition coefficient (Wildman–Crippen LogP) is 1.57. The smallest absolute Gasteiger partial charge is 0.223 e. The molecule has 0 fully saturated rings. The number of amides is 1. The second-order valence-corrected chi connectivity index (χ2v) is 5.53. The predicted molar refractivity (Wildman–Crippen MR) is 75.0 cm³/mol. The van der Waals surface area contributed by atoms with E-state index in [-0.39, 0.29) is 5.91 Å². The second-order valence-electron chi connectivity index (χ2n) is 4.47. The van der Waals surface area contributed by atoms with E-state index >= 15 is 0 Å². The number of carbonyl (C=O) groups is 1. The molecule has 1 aliphatic heterocycles. The van der Waals surface area contributed by atoms with E-state index in [1.54, 1.807) is 6.92 Å². The van der Waals surface area contributed by atoms with Gasteiger partial charge in [-0.3, -0.25) is 4.79 Å². The topological polar surface area (TPSA) is 72.1 Å².